The van der Waals surface area contributed by atoms with Crippen molar-refractivity contribution in [1.82, 2.24) is 4.90 Å². The molecule has 8 fully saturated rings. The number of carboxylic acids is 1. The van der Waals surface area contributed by atoms with Crippen molar-refractivity contribution < 1.29 is 28.8 Å². The molecule has 3 aliphatic heterocycles. The number of nitrogens with zero attached hydrogens (tertiary/aromatic N) is 1. The van der Waals surface area contributed by atoms with Crippen molar-refractivity contribution in [3.63, 3.8) is 0 Å². The summed E-state index contributed by atoms with van der Waals surface area (Å²) in [5.74, 6) is 1.54. The van der Waals surface area contributed by atoms with E-state index in [4.69, 9.17) is 18.9 Å². The van der Waals surface area contributed by atoms with Gasteiger partial charge in [-0.1, -0.05) is 34.6 Å². The first-order chi connectivity index (χ1) is 19.5. The predicted molar refractivity (Wildman–Crippen MR) is 153 cm³/mol. The van der Waals surface area contributed by atoms with Crippen LogP contribution >= 0.6 is 0 Å². The molecule has 7 nitrogen and oxygen atoms in total. The van der Waals surface area contributed by atoms with E-state index < -0.39 is 12.1 Å². The molecule has 41 heavy (non-hydrogen) atoms. The maximum Gasteiger partial charge on any atom is 0.332 e. The number of carbonyl (C=O) groups is 1. The quantitative estimate of drug-likeness (QED) is 0.487. The van der Waals surface area contributed by atoms with E-state index in [2.05, 4.69) is 39.5 Å². The zero-order chi connectivity index (χ0) is 28.6. The second kappa shape index (κ2) is 8.93. The third kappa shape index (κ3) is 3.53. The molecule has 3 saturated heterocycles. The van der Waals surface area contributed by atoms with E-state index in [9.17, 15) is 9.90 Å². The van der Waals surface area contributed by atoms with Gasteiger partial charge in [-0.2, -0.15) is 0 Å². The van der Waals surface area contributed by atoms with E-state index in [1.807, 2.05) is 0 Å². The molecule has 0 bridgehead atoms. The van der Waals surface area contributed by atoms with Crippen molar-refractivity contribution in [2.75, 3.05) is 32.9 Å². The fourth-order valence-corrected chi connectivity index (χ4v) is 13.4. The van der Waals surface area contributed by atoms with Crippen LogP contribution in [0.25, 0.3) is 0 Å². The summed E-state index contributed by atoms with van der Waals surface area (Å²) >= 11 is 0. The van der Waals surface area contributed by atoms with E-state index >= 15 is 0 Å². The highest BCUT2D eigenvalue weighted by molar-refractivity contribution is 5.72. The third-order valence-corrected chi connectivity index (χ3v) is 15.4. The number of hydrogen-bond donors (Lipinski definition) is 1. The van der Waals surface area contributed by atoms with Gasteiger partial charge in [0.2, 0.25) is 0 Å². The van der Waals surface area contributed by atoms with Crippen molar-refractivity contribution in [2.45, 2.75) is 123 Å². The summed E-state index contributed by atoms with van der Waals surface area (Å²) in [6, 6.07) is 0.537. The standard InChI is InChI=1S/C34H53NO6/c1-20-14-22(29(36)37)40-23-15-32(5)25-7-6-24-30(2,3)26(41-27-16-35(12-13-39-27)21-17-38-18-21)8-9-33(24)19-34(25,33)11-10-31(32,4)28(20)23/h20-28H,6-19H2,1-5H3,(H,36,37)/t20-,22?,23?,24?,25+,26+,27?,28?,31-,32+,33-,34?/m1/s1. The topological polar surface area (TPSA) is 77.5 Å². The second-order valence-electron chi connectivity index (χ2n) is 16.9. The molecule has 2 spiro atoms. The van der Waals surface area contributed by atoms with Crippen LogP contribution in [0.2, 0.25) is 0 Å². The van der Waals surface area contributed by atoms with Crippen molar-refractivity contribution in [3.8, 4) is 0 Å². The minimum atomic E-state index is -0.775. The van der Waals surface area contributed by atoms with Gasteiger partial charge in [0.1, 0.15) is 0 Å². The lowest BCUT2D eigenvalue weighted by Crippen LogP contribution is -2.59. The van der Waals surface area contributed by atoms with Gasteiger partial charge in [0.05, 0.1) is 44.6 Å². The Hall–Kier alpha value is -0.730. The molecule has 12 atom stereocenters. The molecule has 0 aromatic rings. The molecule has 0 aromatic heterocycles. The first-order valence-corrected chi connectivity index (χ1v) is 16.9. The van der Waals surface area contributed by atoms with Gasteiger partial charge in [0.25, 0.3) is 0 Å². The Labute approximate surface area is 246 Å². The fraction of sp³-hybridized carbons (Fsp3) is 0.971. The SMILES string of the molecule is C[C@@H]1CC(C(=O)O)OC2C[C@@]3(C)[C@@H]4CCC5C(C)(C)[C@@H](OC6CN(C7COC7)CCO6)CC[C@@]56CC46CC[C@]3(C)C21. The summed E-state index contributed by atoms with van der Waals surface area (Å²) < 4.78 is 24.9. The Morgan fingerprint density at radius 3 is 2.46 bits per heavy atom. The van der Waals surface area contributed by atoms with Gasteiger partial charge in [-0.05, 0) is 109 Å². The molecular weight excluding hydrogens is 518 g/mol. The molecule has 3 heterocycles. The van der Waals surface area contributed by atoms with Crippen LogP contribution in [0.4, 0.5) is 0 Å². The van der Waals surface area contributed by atoms with Crippen molar-refractivity contribution >= 4 is 5.97 Å². The zero-order valence-electron chi connectivity index (χ0n) is 26.0. The van der Waals surface area contributed by atoms with Crippen molar-refractivity contribution in [2.24, 2.45) is 50.7 Å². The van der Waals surface area contributed by atoms with Gasteiger partial charge in [0, 0.05) is 6.54 Å². The normalized spacial score (nSPS) is 55.9. The van der Waals surface area contributed by atoms with E-state index in [0.29, 0.717) is 41.0 Å². The van der Waals surface area contributed by atoms with Crippen LogP contribution in [0.5, 0.6) is 0 Å². The Kier molecular flexibility index (Phi) is 6.05. The molecule has 8 aliphatic rings. The van der Waals surface area contributed by atoms with E-state index in [1.165, 1.54) is 38.5 Å². The number of ether oxygens (including phenoxy) is 4. The number of aliphatic carboxylic acids is 1. The van der Waals surface area contributed by atoms with Gasteiger partial charge >= 0.3 is 5.97 Å². The summed E-state index contributed by atoms with van der Waals surface area (Å²) in [7, 11) is 0. The van der Waals surface area contributed by atoms with E-state index in [-0.39, 0.29) is 34.7 Å². The summed E-state index contributed by atoms with van der Waals surface area (Å²) in [4.78, 5) is 14.4. The molecule has 7 heteroatoms. The van der Waals surface area contributed by atoms with Crippen LogP contribution in [-0.4, -0.2) is 79.5 Å². The van der Waals surface area contributed by atoms with Gasteiger partial charge < -0.3 is 24.1 Å². The molecule has 0 amide bonds. The average Bonchev–Trinajstić information content (AvgIpc) is 3.48. The van der Waals surface area contributed by atoms with E-state index in [0.717, 1.165) is 51.7 Å². The summed E-state index contributed by atoms with van der Waals surface area (Å²) in [5, 5.41) is 9.80. The molecule has 8 rings (SSSR count). The molecular formula is C34H53NO6. The largest absolute Gasteiger partial charge is 0.479 e. The van der Waals surface area contributed by atoms with Gasteiger partial charge in [0.15, 0.2) is 12.4 Å². The third-order valence-electron chi connectivity index (χ3n) is 15.4. The first kappa shape index (κ1) is 27.8. The predicted octanol–water partition coefficient (Wildman–Crippen LogP) is 5.36. The highest BCUT2D eigenvalue weighted by Gasteiger charge is 2.83. The molecule has 1 N–H and O–H groups in total. The lowest BCUT2D eigenvalue weighted by molar-refractivity contribution is -0.255. The second-order valence-corrected chi connectivity index (χ2v) is 16.9. The molecule has 5 saturated carbocycles. The average molecular weight is 572 g/mol. The van der Waals surface area contributed by atoms with Crippen LogP contribution in [0, 0.1) is 50.7 Å². The summed E-state index contributed by atoms with van der Waals surface area (Å²) in [6.07, 6.45) is 10.4. The Morgan fingerprint density at radius 1 is 0.976 bits per heavy atom. The summed E-state index contributed by atoms with van der Waals surface area (Å²) in [5.41, 5.74) is 1.50. The number of carboxylic acid groups (broad SMARTS) is 1. The monoisotopic (exact) mass is 571 g/mol. The number of morpholine rings is 1. The zero-order valence-corrected chi connectivity index (χ0v) is 26.0. The number of rotatable bonds is 4. The lowest BCUT2D eigenvalue weighted by Gasteiger charge is -2.63. The Morgan fingerprint density at radius 2 is 1.73 bits per heavy atom. The van der Waals surface area contributed by atoms with Crippen LogP contribution in [0.1, 0.15) is 92.4 Å². The Bertz CT molecular complexity index is 1090. The maximum atomic E-state index is 11.9. The van der Waals surface area contributed by atoms with Crippen LogP contribution in [0.15, 0.2) is 0 Å². The highest BCUT2D eigenvalue weighted by atomic mass is 16.7. The van der Waals surface area contributed by atoms with E-state index in [1.54, 1.807) is 0 Å². The van der Waals surface area contributed by atoms with Crippen LogP contribution in [-0.2, 0) is 23.7 Å². The van der Waals surface area contributed by atoms with Crippen LogP contribution < -0.4 is 0 Å². The minimum Gasteiger partial charge on any atom is -0.479 e. The maximum absolute atomic E-state index is 11.9. The lowest BCUT2D eigenvalue weighted by atomic mass is 9.41. The smallest absolute Gasteiger partial charge is 0.332 e. The fourth-order valence-electron chi connectivity index (χ4n) is 13.4. The number of hydrogen-bond acceptors (Lipinski definition) is 6. The van der Waals surface area contributed by atoms with Crippen LogP contribution in [0.3, 0.4) is 0 Å². The molecule has 6 unspecified atom stereocenters. The first-order valence-electron chi connectivity index (χ1n) is 16.9. The molecule has 230 valence electrons. The minimum absolute atomic E-state index is 0.0968. The molecule has 0 radical (unpaired) electrons. The molecule has 5 aliphatic carbocycles. The number of fused-ring (bicyclic) bond motifs is 4. The van der Waals surface area contributed by atoms with Crippen molar-refractivity contribution in [1.29, 1.82) is 0 Å². The van der Waals surface area contributed by atoms with Gasteiger partial charge in [-0.15, -0.1) is 0 Å². The van der Waals surface area contributed by atoms with Crippen molar-refractivity contribution in [3.05, 3.63) is 0 Å². The summed E-state index contributed by atoms with van der Waals surface area (Å²) in [6.45, 7) is 16.8. The Balaban J connectivity index is 1.02. The highest BCUT2D eigenvalue weighted by Crippen LogP contribution is 2.89. The molecule has 0 aromatic carbocycles. The van der Waals surface area contributed by atoms with Gasteiger partial charge in [-0.25, -0.2) is 4.79 Å². The van der Waals surface area contributed by atoms with Gasteiger partial charge in [-0.3, -0.25) is 4.90 Å².